The second-order valence-electron chi connectivity index (χ2n) is 5.41. The van der Waals surface area contributed by atoms with Gasteiger partial charge in [0.25, 0.3) is 5.91 Å². The minimum Gasteiger partial charge on any atom is -0.368 e. The van der Waals surface area contributed by atoms with Gasteiger partial charge in [0, 0.05) is 31.8 Å². The molecule has 3 rings (SSSR count). The van der Waals surface area contributed by atoms with E-state index in [0.29, 0.717) is 5.56 Å². The summed E-state index contributed by atoms with van der Waals surface area (Å²) in [5.74, 6) is -0.702. The van der Waals surface area contributed by atoms with Gasteiger partial charge in [-0.15, -0.1) is 0 Å². The molecular weight excluding hydrogens is 431 g/mol. The van der Waals surface area contributed by atoms with Gasteiger partial charge in [0.1, 0.15) is 6.54 Å². The minimum absolute atomic E-state index is 0.0865. The number of hydrogen-bond donors (Lipinski definition) is 2. The molecule has 0 aliphatic heterocycles. The van der Waals surface area contributed by atoms with Crippen LogP contribution in [0.4, 0.5) is 0 Å². The predicted octanol–water partition coefficient (Wildman–Crippen LogP) is 2.50. The van der Waals surface area contributed by atoms with Crippen LogP contribution in [0.1, 0.15) is 15.9 Å². The van der Waals surface area contributed by atoms with Gasteiger partial charge in [0.15, 0.2) is 0 Å². The number of fused-ring (bicyclic) bond motifs is 1. The first kappa shape index (κ1) is 17.2. The molecule has 0 aliphatic rings. The SMILES string of the molecule is NC(=O)Cn1cc(/C=N\NC(=O)c2cccc(I)c2)c2ccccc21. The average Bonchev–Trinajstić information content (AvgIpc) is 2.92. The summed E-state index contributed by atoms with van der Waals surface area (Å²) in [7, 11) is 0. The van der Waals surface area contributed by atoms with Crippen molar-refractivity contribution in [2.24, 2.45) is 10.8 Å². The molecule has 1 heterocycles. The zero-order valence-electron chi connectivity index (χ0n) is 13.1. The predicted molar refractivity (Wildman–Crippen MR) is 105 cm³/mol. The number of aromatic nitrogens is 1. The first-order valence-electron chi connectivity index (χ1n) is 7.50. The van der Waals surface area contributed by atoms with E-state index in [1.165, 1.54) is 0 Å². The lowest BCUT2D eigenvalue weighted by molar-refractivity contribution is -0.118. The molecule has 2 amide bonds. The normalized spacial score (nSPS) is 11.1. The Morgan fingerprint density at radius 1 is 1.20 bits per heavy atom. The number of primary amides is 1. The number of amides is 2. The van der Waals surface area contributed by atoms with Crippen LogP contribution in [0.5, 0.6) is 0 Å². The van der Waals surface area contributed by atoms with Crippen molar-refractivity contribution in [3.05, 3.63) is 69.4 Å². The maximum absolute atomic E-state index is 12.1. The fourth-order valence-corrected chi connectivity index (χ4v) is 3.07. The molecule has 25 heavy (non-hydrogen) atoms. The molecule has 6 nitrogen and oxygen atoms in total. The number of hydrazone groups is 1. The molecule has 2 aromatic carbocycles. The Kier molecular flexibility index (Phi) is 5.13. The van der Waals surface area contributed by atoms with Crippen molar-refractivity contribution in [3.8, 4) is 0 Å². The number of halogens is 1. The second-order valence-corrected chi connectivity index (χ2v) is 6.65. The van der Waals surface area contributed by atoms with Crippen molar-refractivity contribution in [3.63, 3.8) is 0 Å². The molecule has 3 aromatic rings. The number of carbonyl (C=O) groups excluding carboxylic acids is 2. The maximum atomic E-state index is 12.1. The Hall–Kier alpha value is -2.68. The summed E-state index contributed by atoms with van der Waals surface area (Å²) in [4.78, 5) is 23.3. The first-order chi connectivity index (χ1) is 12.0. The number of nitrogens with two attached hydrogens (primary N) is 1. The third kappa shape index (κ3) is 4.05. The average molecular weight is 446 g/mol. The number of para-hydroxylation sites is 1. The monoisotopic (exact) mass is 446 g/mol. The van der Waals surface area contributed by atoms with Crippen molar-refractivity contribution < 1.29 is 9.59 Å². The summed E-state index contributed by atoms with van der Waals surface area (Å²) >= 11 is 2.15. The van der Waals surface area contributed by atoms with Crippen LogP contribution in [0.25, 0.3) is 10.9 Å². The van der Waals surface area contributed by atoms with Crippen molar-refractivity contribution in [1.29, 1.82) is 0 Å². The number of nitrogens with one attached hydrogen (secondary N) is 1. The Morgan fingerprint density at radius 2 is 2.00 bits per heavy atom. The lowest BCUT2D eigenvalue weighted by atomic mass is 10.2. The highest BCUT2D eigenvalue weighted by Crippen LogP contribution is 2.19. The lowest BCUT2D eigenvalue weighted by Gasteiger charge is -2.00. The van der Waals surface area contributed by atoms with Gasteiger partial charge in [0.05, 0.1) is 6.21 Å². The zero-order chi connectivity index (χ0) is 17.8. The van der Waals surface area contributed by atoms with Crippen molar-refractivity contribution in [1.82, 2.24) is 9.99 Å². The molecule has 0 saturated carbocycles. The Bertz CT molecular complexity index is 978. The Labute approximate surface area is 157 Å². The third-order valence-corrected chi connectivity index (χ3v) is 4.27. The van der Waals surface area contributed by atoms with Crippen molar-refractivity contribution in [2.75, 3.05) is 0 Å². The first-order valence-corrected chi connectivity index (χ1v) is 8.57. The summed E-state index contributed by atoms with van der Waals surface area (Å²) < 4.78 is 2.74. The molecule has 0 radical (unpaired) electrons. The molecule has 126 valence electrons. The van der Waals surface area contributed by atoms with E-state index >= 15 is 0 Å². The number of benzene rings is 2. The molecule has 0 saturated heterocycles. The van der Waals surface area contributed by atoms with E-state index in [0.717, 1.165) is 20.0 Å². The molecular formula is C18H15IN4O2. The summed E-state index contributed by atoms with van der Waals surface area (Å²) in [5.41, 5.74) is 10.0. The highest BCUT2D eigenvalue weighted by atomic mass is 127. The van der Waals surface area contributed by atoms with Gasteiger partial charge in [-0.2, -0.15) is 5.10 Å². The molecule has 7 heteroatoms. The molecule has 0 fully saturated rings. The minimum atomic E-state index is -0.420. The molecule has 0 unspecified atom stereocenters. The number of hydrogen-bond acceptors (Lipinski definition) is 3. The van der Waals surface area contributed by atoms with Gasteiger partial charge in [-0.1, -0.05) is 24.3 Å². The maximum Gasteiger partial charge on any atom is 0.271 e. The van der Waals surface area contributed by atoms with Crippen LogP contribution in [-0.4, -0.2) is 22.6 Å². The van der Waals surface area contributed by atoms with Crippen LogP contribution < -0.4 is 11.2 Å². The number of rotatable bonds is 5. The highest BCUT2D eigenvalue weighted by molar-refractivity contribution is 14.1. The van der Waals surface area contributed by atoms with Gasteiger partial charge in [0.2, 0.25) is 5.91 Å². The Morgan fingerprint density at radius 3 is 2.76 bits per heavy atom. The van der Waals surface area contributed by atoms with E-state index in [1.807, 2.05) is 36.4 Å². The molecule has 1 aromatic heterocycles. The van der Waals surface area contributed by atoms with Crippen LogP contribution in [0.2, 0.25) is 0 Å². The van der Waals surface area contributed by atoms with Crippen LogP contribution in [-0.2, 0) is 11.3 Å². The standard InChI is InChI=1S/C18H15IN4O2/c19-14-5-3-4-12(8-14)18(25)22-21-9-13-10-23(11-17(20)24)16-7-2-1-6-15(13)16/h1-10H,11H2,(H2,20,24)(H,22,25)/b21-9-. The van der Waals surface area contributed by atoms with E-state index < -0.39 is 5.91 Å². The second kappa shape index (κ2) is 7.47. The van der Waals surface area contributed by atoms with Crippen molar-refractivity contribution >= 4 is 51.5 Å². The summed E-state index contributed by atoms with van der Waals surface area (Å²) in [6.45, 7) is 0.0865. The van der Waals surface area contributed by atoms with Crippen LogP contribution in [0.15, 0.2) is 59.8 Å². The summed E-state index contributed by atoms with van der Waals surface area (Å²) in [5, 5.41) is 4.96. The molecule has 3 N–H and O–H groups in total. The molecule has 0 aliphatic carbocycles. The quantitative estimate of drug-likeness (QED) is 0.358. The Balaban J connectivity index is 1.81. The van der Waals surface area contributed by atoms with E-state index in [-0.39, 0.29) is 12.5 Å². The lowest BCUT2D eigenvalue weighted by Crippen LogP contribution is -2.18. The van der Waals surface area contributed by atoms with Gasteiger partial charge in [-0.05, 0) is 46.9 Å². The van der Waals surface area contributed by atoms with Crippen LogP contribution in [0, 0.1) is 3.57 Å². The molecule has 0 atom stereocenters. The van der Waals surface area contributed by atoms with E-state index in [2.05, 4.69) is 33.1 Å². The van der Waals surface area contributed by atoms with Crippen molar-refractivity contribution in [2.45, 2.75) is 6.54 Å². The highest BCUT2D eigenvalue weighted by Gasteiger charge is 2.08. The smallest absolute Gasteiger partial charge is 0.271 e. The fraction of sp³-hybridized carbons (Fsp3) is 0.0556. The van der Waals surface area contributed by atoms with Crippen LogP contribution >= 0.6 is 22.6 Å². The summed E-state index contributed by atoms with van der Waals surface area (Å²) in [6.07, 6.45) is 3.35. The van der Waals surface area contributed by atoms with Gasteiger partial charge in [-0.25, -0.2) is 5.43 Å². The number of carbonyl (C=O) groups is 2. The molecule has 0 spiro atoms. The fourth-order valence-electron chi connectivity index (χ4n) is 2.53. The zero-order valence-corrected chi connectivity index (χ0v) is 15.3. The largest absolute Gasteiger partial charge is 0.368 e. The number of nitrogens with zero attached hydrogens (tertiary/aromatic N) is 2. The topological polar surface area (TPSA) is 89.5 Å². The summed E-state index contributed by atoms with van der Waals surface area (Å²) in [6, 6.07) is 14.9. The van der Waals surface area contributed by atoms with Gasteiger partial charge < -0.3 is 10.3 Å². The third-order valence-electron chi connectivity index (χ3n) is 3.60. The van der Waals surface area contributed by atoms with E-state index in [9.17, 15) is 9.59 Å². The van der Waals surface area contributed by atoms with Gasteiger partial charge >= 0.3 is 0 Å². The van der Waals surface area contributed by atoms with Gasteiger partial charge in [-0.3, -0.25) is 9.59 Å². The van der Waals surface area contributed by atoms with E-state index in [4.69, 9.17) is 5.73 Å². The van der Waals surface area contributed by atoms with E-state index in [1.54, 1.807) is 29.1 Å². The van der Waals surface area contributed by atoms with Crippen LogP contribution in [0.3, 0.4) is 0 Å². The molecule has 0 bridgehead atoms.